The molecular weight excluding hydrogens is 382 g/mol. The largest absolute Gasteiger partial charge is 0.497 e. The summed E-state index contributed by atoms with van der Waals surface area (Å²) in [6.45, 7) is 4.27. The maximum absolute atomic E-state index is 12.6. The van der Waals surface area contributed by atoms with Gasteiger partial charge in [-0.15, -0.1) is 0 Å². The van der Waals surface area contributed by atoms with Gasteiger partial charge in [-0.1, -0.05) is 38.1 Å². The van der Waals surface area contributed by atoms with Crippen molar-refractivity contribution in [3.63, 3.8) is 0 Å². The summed E-state index contributed by atoms with van der Waals surface area (Å²) in [6.07, 6.45) is 0.610. The molecule has 2 N–H and O–H groups in total. The number of carbonyl (C=O) groups excluding carboxylic acids is 1. The highest BCUT2D eigenvalue weighted by molar-refractivity contribution is 5.77. The van der Waals surface area contributed by atoms with Crippen LogP contribution in [0, 0.1) is 5.92 Å². The van der Waals surface area contributed by atoms with Crippen LogP contribution in [0.5, 0.6) is 5.75 Å². The van der Waals surface area contributed by atoms with Crippen LogP contribution in [0.3, 0.4) is 0 Å². The Morgan fingerprint density at radius 3 is 2.47 bits per heavy atom. The van der Waals surface area contributed by atoms with Crippen molar-refractivity contribution < 1.29 is 9.53 Å². The fourth-order valence-corrected chi connectivity index (χ4v) is 3.49. The van der Waals surface area contributed by atoms with Crippen molar-refractivity contribution in [2.45, 2.75) is 39.3 Å². The molecule has 1 aromatic heterocycles. The van der Waals surface area contributed by atoms with E-state index in [4.69, 9.17) is 4.74 Å². The maximum Gasteiger partial charge on any atom is 0.328 e. The number of amides is 1. The average Bonchev–Trinajstić information content (AvgIpc) is 2.74. The lowest BCUT2D eigenvalue weighted by Crippen LogP contribution is -2.36. The van der Waals surface area contributed by atoms with Gasteiger partial charge in [0.25, 0.3) is 5.56 Å². The Kier molecular flexibility index (Phi) is 6.72. The van der Waals surface area contributed by atoms with Gasteiger partial charge in [-0.05, 0) is 42.2 Å². The van der Waals surface area contributed by atoms with Crippen molar-refractivity contribution in [2.24, 2.45) is 5.92 Å². The Morgan fingerprint density at radius 1 is 1.10 bits per heavy atom. The number of rotatable bonds is 8. The number of H-pyrrole nitrogens is 1. The summed E-state index contributed by atoms with van der Waals surface area (Å²) < 4.78 is 6.34. The molecule has 3 rings (SSSR count). The van der Waals surface area contributed by atoms with Gasteiger partial charge in [0.15, 0.2) is 0 Å². The number of benzene rings is 2. The van der Waals surface area contributed by atoms with Gasteiger partial charge in [-0.25, -0.2) is 4.79 Å². The second kappa shape index (κ2) is 9.43. The molecule has 158 valence electrons. The summed E-state index contributed by atoms with van der Waals surface area (Å²) in [6, 6.07) is 14.4. The van der Waals surface area contributed by atoms with E-state index in [1.807, 2.05) is 38.1 Å². The molecule has 1 unspecified atom stereocenters. The molecule has 1 atom stereocenters. The van der Waals surface area contributed by atoms with E-state index in [1.165, 1.54) is 0 Å². The summed E-state index contributed by atoms with van der Waals surface area (Å²) in [5, 5.41) is 3.52. The molecule has 0 aliphatic heterocycles. The number of fused-ring (bicyclic) bond motifs is 1. The molecule has 7 heteroatoms. The zero-order chi connectivity index (χ0) is 21.7. The van der Waals surface area contributed by atoms with Crippen LogP contribution < -0.4 is 21.3 Å². The Balaban J connectivity index is 1.64. The normalized spacial score (nSPS) is 12.1. The molecule has 0 saturated carbocycles. The third kappa shape index (κ3) is 4.79. The van der Waals surface area contributed by atoms with Crippen LogP contribution in [-0.2, 0) is 11.3 Å². The van der Waals surface area contributed by atoms with Gasteiger partial charge in [0.05, 0.1) is 24.1 Å². The third-order valence-electron chi connectivity index (χ3n) is 5.13. The van der Waals surface area contributed by atoms with Gasteiger partial charge in [0, 0.05) is 13.0 Å². The molecule has 3 aromatic rings. The zero-order valence-corrected chi connectivity index (χ0v) is 17.5. The fourth-order valence-electron chi connectivity index (χ4n) is 3.49. The molecular formula is C23H27N3O4. The predicted octanol–water partition coefficient (Wildman–Crippen LogP) is 2.99. The number of methoxy groups -OCH3 is 1. The van der Waals surface area contributed by atoms with Gasteiger partial charge in [0.1, 0.15) is 5.75 Å². The Hall–Kier alpha value is -3.35. The van der Waals surface area contributed by atoms with E-state index in [1.54, 1.807) is 31.4 Å². The standard InChI is InChI=1S/C23H27N3O4/c1-15(2)21(16-10-12-17(30-3)13-11-16)25-20(27)9-6-14-26-22(28)18-7-4-5-8-19(18)24-23(26)29/h4-5,7-8,10-13,15,21H,6,9,14H2,1-3H3,(H,24,29)(H,25,27). The Labute approximate surface area is 174 Å². The minimum atomic E-state index is -0.461. The van der Waals surface area contributed by atoms with Crippen LogP contribution in [0.2, 0.25) is 0 Å². The van der Waals surface area contributed by atoms with Crippen molar-refractivity contribution in [2.75, 3.05) is 7.11 Å². The molecule has 2 aromatic carbocycles. The number of nitrogens with zero attached hydrogens (tertiary/aromatic N) is 1. The van der Waals surface area contributed by atoms with Gasteiger partial charge < -0.3 is 15.0 Å². The molecule has 0 radical (unpaired) electrons. The molecule has 7 nitrogen and oxygen atoms in total. The lowest BCUT2D eigenvalue weighted by molar-refractivity contribution is -0.122. The molecule has 30 heavy (non-hydrogen) atoms. The molecule has 1 heterocycles. The fraction of sp³-hybridized carbons (Fsp3) is 0.348. The van der Waals surface area contributed by atoms with E-state index in [-0.39, 0.29) is 36.4 Å². The second-order valence-electron chi connectivity index (χ2n) is 7.60. The lowest BCUT2D eigenvalue weighted by atomic mass is 9.95. The average molecular weight is 409 g/mol. The van der Waals surface area contributed by atoms with E-state index >= 15 is 0 Å². The van der Waals surface area contributed by atoms with E-state index < -0.39 is 5.69 Å². The number of ether oxygens (including phenoxy) is 1. The number of aromatic amines is 1. The van der Waals surface area contributed by atoms with Crippen molar-refractivity contribution in [3.05, 3.63) is 74.9 Å². The molecule has 0 aliphatic rings. The summed E-state index contributed by atoms with van der Waals surface area (Å²) >= 11 is 0. The molecule has 0 aliphatic carbocycles. The summed E-state index contributed by atoms with van der Waals surface area (Å²) in [5.41, 5.74) is 0.715. The van der Waals surface area contributed by atoms with Gasteiger partial charge >= 0.3 is 5.69 Å². The number of nitrogens with one attached hydrogen (secondary N) is 2. The number of para-hydroxylation sites is 1. The highest BCUT2D eigenvalue weighted by Crippen LogP contribution is 2.24. The Bertz CT molecular complexity index is 1130. The lowest BCUT2D eigenvalue weighted by Gasteiger charge is -2.23. The van der Waals surface area contributed by atoms with Crippen molar-refractivity contribution >= 4 is 16.8 Å². The van der Waals surface area contributed by atoms with Crippen LogP contribution in [0.15, 0.2) is 58.1 Å². The summed E-state index contributed by atoms with van der Waals surface area (Å²) in [5.74, 6) is 0.849. The van der Waals surface area contributed by atoms with Crippen LogP contribution >= 0.6 is 0 Å². The second-order valence-corrected chi connectivity index (χ2v) is 7.60. The first kappa shape index (κ1) is 21.4. The number of hydrogen-bond donors (Lipinski definition) is 2. The summed E-state index contributed by atoms with van der Waals surface area (Å²) in [4.78, 5) is 40.0. The zero-order valence-electron chi connectivity index (χ0n) is 17.5. The smallest absolute Gasteiger partial charge is 0.328 e. The van der Waals surface area contributed by atoms with Gasteiger partial charge in [0.2, 0.25) is 5.91 Å². The Morgan fingerprint density at radius 2 is 1.80 bits per heavy atom. The minimum absolute atomic E-state index is 0.116. The van der Waals surface area contributed by atoms with Gasteiger partial charge in [-0.3, -0.25) is 14.2 Å². The van der Waals surface area contributed by atoms with Crippen LogP contribution in [0.4, 0.5) is 0 Å². The predicted molar refractivity (Wildman–Crippen MR) is 117 cm³/mol. The molecule has 1 amide bonds. The monoisotopic (exact) mass is 409 g/mol. The highest BCUT2D eigenvalue weighted by atomic mass is 16.5. The van der Waals surface area contributed by atoms with E-state index in [0.29, 0.717) is 17.3 Å². The first-order valence-electron chi connectivity index (χ1n) is 10.1. The van der Waals surface area contributed by atoms with E-state index in [2.05, 4.69) is 10.3 Å². The van der Waals surface area contributed by atoms with E-state index in [0.717, 1.165) is 15.9 Å². The molecule has 0 saturated heterocycles. The van der Waals surface area contributed by atoms with Crippen molar-refractivity contribution in [1.82, 2.24) is 14.9 Å². The third-order valence-corrected chi connectivity index (χ3v) is 5.13. The molecule has 0 fully saturated rings. The topological polar surface area (TPSA) is 93.2 Å². The first-order valence-corrected chi connectivity index (χ1v) is 10.1. The number of aromatic nitrogens is 2. The van der Waals surface area contributed by atoms with Crippen LogP contribution in [0.1, 0.15) is 38.3 Å². The van der Waals surface area contributed by atoms with Crippen molar-refractivity contribution in [1.29, 1.82) is 0 Å². The quantitative estimate of drug-likeness (QED) is 0.598. The number of hydrogen-bond acceptors (Lipinski definition) is 4. The first-order chi connectivity index (χ1) is 14.4. The number of carbonyl (C=O) groups is 1. The SMILES string of the molecule is COc1ccc(C(NC(=O)CCCn2c(=O)[nH]c3ccccc3c2=O)C(C)C)cc1. The van der Waals surface area contributed by atoms with E-state index in [9.17, 15) is 14.4 Å². The minimum Gasteiger partial charge on any atom is -0.497 e. The maximum atomic E-state index is 12.6. The highest BCUT2D eigenvalue weighted by Gasteiger charge is 2.18. The summed E-state index contributed by atoms with van der Waals surface area (Å²) in [7, 11) is 1.61. The van der Waals surface area contributed by atoms with Crippen molar-refractivity contribution in [3.8, 4) is 5.75 Å². The van der Waals surface area contributed by atoms with Crippen LogP contribution in [0.25, 0.3) is 10.9 Å². The van der Waals surface area contributed by atoms with Crippen LogP contribution in [-0.4, -0.2) is 22.6 Å². The molecule has 0 bridgehead atoms. The van der Waals surface area contributed by atoms with Gasteiger partial charge in [-0.2, -0.15) is 0 Å². The molecule has 0 spiro atoms.